The number of anilines is 1. The molecule has 0 amide bonds. The van der Waals surface area contributed by atoms with Crippen molar-refractivity contribution in [1.29, 1.82) is 0 Å². The molecule has 1 aromatic carbocycles. The maximum absolute atomic E-state index is 6.31. The zero-order chi connectivity index (χ0) is 20.2. The van der Waals surface area contributed by atoms with E-state index < -0.39 is 0 Å². The van der Waals surface area contributed by atoms with Crippen LogP contribution in [0.5, 0.6) is 0 Å². The van der Waals surface area contributed by atoms with Gasteiger partial charge in [-0.2, -0.15) is 5.10 Å². The summed E-state index contributed by atoms with van der Waals surface area (Å²) in [5.41, 5.74) is 3.73. The van der Waals surface area contributed by atoms with E-state index in [1.54, 1.807) is 6.26 Å². The second-order valence-corrected chi connectivity index (χ2v) is 7.15. The number of hydrogen-bond donors (Lipinski definition) is 1. The van der Waals surface area contributed by atoms with Crippen molar-refractivity contribution >= 4 is 40.6 Å². The van der Waals surface area contributed by atoms with Crippen LogP contribution >= 0.6 is 11.6 Å². The van der Waals surface area contributed by atoms with Crippen LogP contribution in [0, 0.1) is 0 Å². The third-order valence-electron chi connectivity index (χ3n) is 4.60. The van der Waals surface area contributed by atoms with E-state index in [-0.39, 0.29) is 0 Å². The van der Waals surface area contributed by atoms with Gasteiger partial charge in [0.1, 0.15) is 16.8 Å². The number of aromatic nitrogens is 4. The van der Waals surface area contributed by atoms with Gasteiger partial charge in [0.25, 0.3) is 0 Å². The Morgan fingerprint density at radius 3 is 2.76 bits per heavy atom. The first kappa shape index (κ1) is 19.2. The SMILES string of the molecule is CCCc1nn(C)c2c(NCc3ccccc3Cl)nc(/C=C/c3ccco3)nc12. The van der Waals surface area contributed by atoms with E-state index in [2.05, 4.69) is 17.3 Å². The normalized spacial score (nSPS) is 11.6. The summed E-state index contributed by atoms with van der Waals surface area (Å²) < 4.78 is 7.21. The van der Waals surface area contributed by atoms with Crippen LogP contribution in [-0.2, 0) is 20.0 Å². The lowest BCUT2D eigenvalue weighted by molar-refractivity contribution is 0.557. The quantitative estimate of drug-likeness (QED) is 0.447. The molecule has 0 aliphatic heterocycles. The maximum atomic E-state index is 6.31. The predicted molar refractivity (Wildman–Crippen MR) is 117 cm³/mol. The molecule has 4 aromatic rings. The van der Waals surface area contributed by atoms with Gasteiger partial charge in [-0.05, 0) is 42.3 Å². The van der Waals surface area contributed by atoms with E-state index >= 15 is 0 Å². The van der Waals surface area contributed by atoms with Crippen molar-refractivity contribution in [2.24, 2.45) is 7.05 Å². The van der Waals surface area contributed by atoms with E-state index in [4.69, 9.17) is 26.0 Å². The van der Waals surface area contributed by atoms with E-state index in [1.165, 1.54) is 0 Å². The second-order valence-electron chi connectivity index (χ2n) is 6.74. The number of nitrogens with one attached hydrogen (secondary N) is 1. The van der Waals surface area contributed by atoms with Gasteiger partial charge in [-0.1, -0.05) is 43.1 Å². The lowest BCUT2D eigenvalue weighted by Gasteiger charge is -2.10. The fourth-order valence-electron chi connectivity index (χ4n) is 3.22. The molecule has 3 aromatic heterocycles. The minimum Gasteiger partial charge on any atom is -0.465 e. The first-order chi connectivity index (χ1) is 14.2. The molecule has 0 saturated heterocycles. The third kappa shape index (κ3) is 4.17. The van der Waals surface area contributed by atoms with Crippen molar-refractivity contribution in [3.63, 3.8) is 0 Å². The fourth-order valence-corrected chi connectivity index (χ4v) is 3.43. The Bertz CT molecular complexity index is 1150. The molecule has 148 valence electrons. The highest BCUT2D eigenvalue weighted by atomic mass is 35.5. The topological polar surface area (TPSA) is 68.8 Å². The van der Waals surface area contributed by atoms with Crippen molar-refractivity contribution in [3.05, 3.63) is 70.5 Å². The molecule has 0 bridgehead atoms. The van der Waals surface area contributed by atoms with Crippen LogP contribution in [0.3, 0.4) is 0 Å². The van der Waals surface area contributed by atoms with Crippen molar-refractivity contribution in [2.75, 3.05) is 5.32 Å². The number of benzene rings is 1. The van der Waals surface area contributed by atoms with Gasteiger partial charge in [-0.15, -0.1) is 0 Å². The van der Waals surface area contributed by atoms with Crippen LogP contribution in [-0.4, -0.2) is 19.7 Å². The average Bonchev–Trinajstić information content (AvgIpc) is 3.34. The molecule has 0 aliphatic rings. The van der Waals surface area contributed by atoms with Crippen LogP contribution in [0.1, 0.15) is 36.2 Å². The Balaban J connectivity index is 1.74. The summed E-state index contributed by atoms with van der Waals surface area (Å²) in [5, 5.41) is 8.81. The monoisotopic (exact) mass is 407 g/mol. The second kappa shape index (κ2) is 8.49. The molecule has 7 heteroatoms. The lowest BCUT2D eigenvalue weighted by atomic mass is 10.2. The van der Waals surface area contributed by atoms with Crippen LogP contribution in [0.15, 0.2) is 47.1 Å². The Morgan fingerprint density at radius 1 is 1.14 bits per heavy atom. The number of halogens is 1. The van der Waals surface area contributed by atoms with Crippen molar-refractivity contribution < 1.29 is 4.42 Å². The summed E-state index contributed by atoms with van der Waals surface area (Å²) in [6.07, 6.45) is 7.20. The zero-order valence-corrected chi connectivity index (χ0v) is 17.1. The number of nitrogens with zero attached hydrogens (tertiary/aromatic N) is 4. The molecule has 0 fully saturated rings. The number of fused-ring (bicyclic) bond motifs is 1. The summed E-state index contributed by atoms with van der Waals surface area (Å²) in [4.78, 5) is 9.48. The molecule has 29 heavy (non-hydrogen) atoms. The van der Waals surface area contributed by atoms with E-state index in [1.807, 2.05) is 60.3 Å². The molecular formula is C22H22ClN5O. The maximum Gasteiger partial charge on any atom is 0.156 e. The van der Waals surface area contributed by atoms with Crippen LogP contribution in [0.4, 0.5) is 5.82 Å². The van der Waals surface area contributed by atoms with Crippen LogP contribution < -0.4 is 5.32 Å². The van der Waals surface area contributed by atoms with Gasteiger partial charge >= 0.3 is 0 Å². The van der Waals surface area contributed by atoms with Gasteiger partial charge in [0.05, 0.1) is 12.0 Å². The van der Waals surface area contributed by atoms with E-state index in [9.17, 15) is 0 Å². The molecule has 4 rings (SSSR count). The molecule has 0 unspecified atom stereocenters. The van der Waals surface area contributed by atoms with Crippen molar-refractivity contribution in [2.45, 2.75) is 26.3 Å². The molecule has 0 saturated carbocycles. The third-order valence-corrected chi connectivity index (χ3v) is 4.97. The first-order valence-corrected chi connectivity index (χ1v) is 9.96. The van der Waals surface area contributed by atoms with Gasteiger partial charge in [-0.25, -0.2) is 9.97 Å². The van der Waals surface area contributed by atoms with Gasteiger partial charge in [0.2, 0.25) is 0 Å². The molecule has 6 nitrogen and oxygen atoms in total. The van der Waals surface area contributed by atoms with E-state index in [0.717, 1.165) is 51.7 Å². The van der Waals surface area contributed by atoms with Gasteiger partial charge in [0, 0.05) is 18.6 Å². The minimum atomic E-state index is 0.557. The number of rotatable bonds is 7. The van der Waals surface area contributed by atoms with Crippen molar-refractivity contribution in [3.8, 4) is 0 Å². The summed E-state index contributed by atoms with van der Waals surface area (Å²) in [6, 6.07) is 11.5. The highest BCUT2D eigenvalue weighted by Crippen LogP contribution is 2.26. The Hall–Kier alpha value is -3.12. The number of aryl methyl sites for hydroxylation is 2. The first-order valence-electron chi connectivity index (χ1n) is 9.58. The van der Waals surface area contributed by atoms with Crippen molar-refractivity contribution in [1.82, 2.24) is 19.7 Å². The predicted octanol–water partition coefficient (Wildman–Crippen LogP) is 5.34. The zero-order valence-electron chi connectivity index (χ0n) is 16.4. The highest BCUT2D eigenvalue weighted by Gasteiger charge is 2.16. The number of hydrogen-bond acceptors (Lipinski definition) is 5. The minimum absolute atomic E-state index is 0.557. The molecule has 0 atom stereocenters. The summed E-state index contributed by atoms with van der Waals surface area (Å²) >= 11 is 6.31. The Kier molecular flexibility index (Phi) is 5.62. The van der Waals surface area contributed by atoms with E-state index in [0.29, 0.717) is 12.4 Å². The highest BCUT2D eigenvalue weighted by molar-refractivity contribution is 6.31. The molecule has 1 N–H and O–H groups in total. The Morgan fingerprint density at radius 2 is 2.00 bits per heavy atom. The smallest absolute Gasteiger partial charge is 0.156 e. The van der Waals surface area contributed by atoms with Gasteiger partial charge in [0.15, 0.2) is 11.6 Å². The Labute approximate surface area is 174 Å². The summed E-state index contributed by atoms with van der Waals surface area (Å²) in [6.45, 7) is 2.69. The standard InChI is InChI=1S/C22H22ClN5O/c1-3-7-18-20-21(28(2)27-18)22(24-14-15-8-4-5-10-17(15)23)26-19(25-20)12-11-16-9-6-13-29-16/h4-6,8-13H,3,7,14H2,1-2H3,(H,24,25,26)/b12-11+. The van der Waals surface area contributed by atoms with Crippen LogP contribution in [0.2, 0.25) is 5.02 Å². The molecule has 3 heterocycles. The van der Waals surface area contributed by atoms with Gasteiger partial charge in [-0.3, -0.25) is 4.68 Å². The van der Waals surface area contributed by atoms with Crippen LogP contribution in [0.25, 0.3) is 23.2 Å². The molecular weight excluding hydrogens is 386 g/mol. The molecule has 0 spiro atoms. The lowest BCUT2D eigenvalue weighted by Crippen LogP contribution is -2.06. The molecule has 0 aliphatic carbocycles. The fraction of sp³-hybridized carbons (Fsp3) is 0.227. The largest absolute Gasteiger partial charge is 0.465 e. The van der Waals surface area contributed by atoms with Gasteiger partial charge < -0.3 is 9.73 Å². The molecule has 0 radical (unpaired) electrons. The summed E-state index contributed by atoms with van der Waals surface area (Å²) in [7, 11) is 1.92. The average molecular weight is 408 g/mol. The summed E-state index contributed by atoms with van der Waals surface area (Å²) in [5.74, 6) is 2.08. The number of furan rings is 1.